The van der Waals surface area contributed by atoms with E-state index in [2.05, 4.69) is 25.7 Å². The summed E-state index contributed by atoms with van der Waals surface area (Å²) in [5, 5.41) is 0.326. The molecule has 0 aliphatic rings. The molecule has 0 aliphatic heterocycles. The predicted molar refractivity (Wildman–Crippen MR) is 62.0 cm³/mol. The van der Waals surface area contributed by atoms with Crippen molar-refractivity contribution in [3.63, 3.8) is 0 Å². The molecule has 1 aromatic heterocycles. The average molecular weight is 309 g/mol. The van der Waals surface area contributed by atoms with Gasteiger partial charge in [-0.1, -0.05) is 15.9 Å². The smallest absolute Gasteiger partial charge is 0.310 e. The lowest BCUT2D eigenvalue weighted by atomic mass is 10.1. The third-order valence-electron chi connectivity index (χ3n) is 2.18. The highest BCUT2D eigenvalue weighted by Gasteiger charge is 2.18. The molecule has 17 heavy (non-hydrogen) atoms. The summed E-state index contributed by atoms with van der Waals surface area (Å²) in [6.07, 6.45) is -2.83. The second kappa shape index (κ2) is 5.90. The normalized spacial score (nSPS) is 10.6. The highest BCUT2D eigenvalue weighted by atomic mass is 79.9. The lowest BCUT2D eigenvalue weighted by Crippen LogP contribution is -2.10. The van der Waals surface area contributed by atoms with E-state index in [0.29, 0.717) is 16.6 Å². The summed E-state index contributed by atoms with van der Waals surface area (Å²) in [5.74, 6) is -0.734. The minimum atomic E-state index is -2.72. The van der Waals surface area contributed by atoms with Gasteiger partial charge in [0.2, 0.25) is 0 Å². The molecule has 0 aliphatic carbocycles. The topological polar surface area (TPSA) is 65.2 Å². The summed E-state index contributed by atoms with van der Waals surface area (Å²) < 4.78 is 29.7. The number of methoxy groups -OCH3 is 1. The monoisotopic (exact) mass is 308 g/mol. The summed E-state index contributed by atoms with van der Waals surface area (Å²) >= 11 is 3.16. The first-order valence-corrected chi connectivity index (χ1v) is 5.80. The van der Waals surface area contributed by atoms with Gasteiger partial charge >= 0.3 is 5.97 Å². The Morgan fingerprint density at radius 1 is 1.65 bits per heavy atom. The molecular weight excluding hydrogens is 298 g/mol. The van der Waals surface area contributed by atoms with Gasteiger partial charge in [0.1, 0.15) is 5.82 Å². The number of hydrogen-bond donors (Lipinski definition) is 1. The van der Waals surface area contributed by atoms with E-state index >= 15 is 0 Å². The summed E-state index contributed by atoms with van der Waals surface area (Å²) in [7, 11) is 1.23. The van der Waals surface area contributed by atoms with E-state index in [1.54, 1.807) is 0 Å². The molecule has 0 radical (unpaired) electrons. The highest BCUT2D eigenvalue weighted by molar-refractivity contribution is 9.08. The lowest BCUT2D eigenvalue weighted by molar-refractivity contribution is -0.139. The second-order valence-electron chi connectivity index (χ2n) is 3.26. The Labute approximate surface area is 105 Å². The Hall–Kier alpha value is -1.24. The second-order valence-corrected chi connectivity index (χ2v) is 3.82. The van der Waals surface area contributed by atoms with Gasteiger partial charge in [-0.25, -0.2) is 13.8 Å². The number of anilines is 1. The maximum absolute atomic E-state index is 12.6. The molecule has 2 N–H and O–H groups in total. The van der Waals surface area contributed by atoms with E-state index in [1.165, 1.54) is 13.2 Å². The van der Waals surface area contributed by atoms with Crippen LogP contribution in [0.15, 0.2) is 6.07 Å². The standard InChI is InChI=1S/C10H11BrF2N2O2/c1-17-8(16)3-5-2-6(9(12)13)10(14)15-7(5)4-11/h2,9H,3-4H2,1H3,(H2,14,15). The number of esters is 1. The van der Waals surface area contributed by atoms with Crippen molar-refractivity contribution in [2.45, 2.75) is 18.2 Å². The van der Waals surface area contributed by atoms with Gasteiger partial charge in [-0.2, -0.15) is 0 Å². The molecule has 4 nitrogen and oxygen atoms in total. The molecule has 0 spiro atoms. The average Bonchev–Trinajstić information content (AvgIpc) is 2.30. The van der Waals surface area contributed by atoms with Gasteiger partial charge in [0.15, 0.2) is 0 Å². The summed E-state index contributed by atoms with van der Waals surface area (Å²) in [5.41, 5.74) is 5.88. The fourth-order valence-electron chi connectivity index (χ4n) is 1.30. The van der Waals surface area contributed by atoms with Gasteiger partial charge in [0, 0.05) is 5.33 Å². The van der Waals surface area contributed by atoms with Crippen molar-refractivity contribution in [1.82, 2.24) is 4.98 Å². The van der Waals surface area contributed by atoms with Gasteiger partial charge < -0.3 is 10.5 Å². The molecule has 0 amide bonds. The van der Waals surface area contributed by atoms with E-state index in [9.17, 15) is 13.6 Å². The van der Waals surface area contributed by atoms with Crippen molar-refractivity contribution in [2.24, 2.45) is 0 Å². The fraction of sp³-hybridized carbons (Fsp3) is 0.400. The minimum absolute atomic E-state index is 0.107. The first kappa shape index (κ1) is 13.8. The number of carbonyl (C=O) groups is 1. The Morgan fingerprint density at radius 3 is 2.76 bits per heavy atom. The van der Waals surface area contributed by atoms with Crippen molar-refractivity contribution in [1.29, 1.82) is 0 Å². The van der Waals surface area contributed by atoms with Crippen LogP contribution in [0, 0.1) is 0 Å². The van der Waals surface area contributed by atoms with Crippen LogP contribution in [-0.4, -0.2) is 18.1 Å². The quantitative estimate of drug-likeness (QED) is 0.684. The Balaban J connectivity index is 3.16. The number of rotatable bonds is 4. The number of aromatic nitrogens is 1. The predicted octanol–water partition coefficient (Wildman–Crippen LogP) is 2.21. The SMILES string of the molecule is COC(=O)Cc1cc(C(F)F)c(N)nc1CBr. The summed E-state index contributed by atoms with van der Waals surface area (Å²) in [6.45, 7) is 0. The molecule has 1 heterocycles. The lowest BCUT2D eigenvalue weighted by Gasteiger charge is -2.10. The van der Waals surface area contributed by atoms with E-state index in [-0.39, 0.29) is 17.8 Å². The van der Waals surface area contributed by atoms with Crippen molar-refractivity contribution in [2.75, 3.05) is 12.8 Å². The van der Waals surface area contributed by atoms with Crippen molar-refractivity contribution in [3.05, 3.63) is 22.9 Å². The fourth-order valence-corrected chi connectivity index (χ4v) is 1.78. The molecule has 0 unspecified atom stereocenters. The van der Waals surface area contributed by atoms with Crippen molar-refractivity contribution in [3.8, 4) is 0 Å². The van der Waals surface area contributed by atoms with E-state index < -0.39 is 12.4 Å². The maximum Gasteiger partial charge on any atom is 0.310 e. The van der Waals surface area contributed by atoms with Gasteiger partial charge in [0.05, 0.1) is 24.8 Å². The number of ether oxygens (including phenoxy) is 1. The van der Waals surface area contributed by atoms with Crippen LogP contribution in [0.2, 0.25) is 0 Å². The first-order chi connectivity index (χ1) is 7.99. The summed E-state index contributed by atoms with van der Waals surface area (Å²) in [6, 6.07) is 1.19. The molecule has 7 heteroatoms. The first-order valence-electron chi connectivity index (χ1n) is 4.68. The molecule has 0 saturated heterocycles. The number of nitrogens with two attached hydrogens (primary N) is 1. The number of halogens is 3. The largest absolute Gasteiger partial charge is 0.469 e. The van der Waals surface area contributed by atoms with Crippen LogP contribution in [0.1, 0.15) is 23.2 Å². The van der Waals surface area contributed by atoms with Gasteiger partial charge in [-0.15, -0.1) is 0 Å². The summed E-state index contributed by atoms with van der Waals surface area (Å²) in [4.78, 5) is 15.0. The number of nitrogens with zero attached hydrogens (tertiary/aromatic N) is 1. The number of pyridine rings is 1. The van der Waals surface area contributed by atoms with E-state index in [4.69, 9.17) is 5.73 Å². The van der Waals surface area contributed by atoms with Crippen LogP contribution in [-0.2, 0) is 21.3 Å². The number of carbonyl (C=O) groups excluding carboxylic acids is 1. The maximum atomic E-state index is 12.6. The molecule has 1 rings (SSSR count). The van der Waals surface area contributed by atoms with Gasteiger partial charge in [0.25, 0.3) is 6.43 Å². The molecule has 0 aromatic carbocycles. The third kappa shape index (κ3) is 3.36. The van der Waals surface area contributed by atoms with Crippen molar-refractivity contribution >= 4 is 27.7 Å². The van der Waals surface area contributed by atoms with Gasteiger partial charge in [-0.3, -0.25) is 4.79 Å². The number of nitrogen functional groups attached to an aromatic ring is 1. The van der Waals surface area contributed by atoms with Crippen LogP contribution in [0.4, 0.5) is 14.6 Å². The van der Waals surface area contributed by atoms with Crippen LogP contribution < -0.4 is 5.73 Å². The Kier molecular flexibility index (Phi) is 4.80. The zero-order chi connectivity index (χ0) is 13.0. The number of alkyl halides is 3. The molecule has 0 bridgehead atoms. The van der Waals surface area contributed by atoms with Crippen LogP contribution in [0.3, 0.4) is 0 Å². The molecular formula is C10H11BrF2N2O2. The zero-order valence-electron chi connectivity index (χ0n) is 9.04. The minimum Gasteiger partial charge on any atom is -0.469 e. The van der Waals surface area contributed by atoms with Crippen molar-refractivity contribution < 1.29 is 18.3 Å². The highest BCUT2D eigenvalue weighted by Crippen LogP contribution is 2.27. The van der Waals surface area contributed by atoms with E-state index in [1.807, 2.05) is 0 Å². The third-order valence-corrected chi connectivity index (χ3v) is 2.71. The molecule has 0 saturated carbocycles. The molecule has 0 atom stereocenters. The van der Waals surface area contributed by atoms with Crippen LogP contribution >= 0.6 is 15.9 Å². The van der Waals surface area contributed by atoms with Crippen LogP contribution in [0.25, 0.3) is 0 Å². The number of hydrogen-bond acceptors (Lipinski definition) is 4. The Morgan fingerprint density at radius 2 is 2.29 bits per heavy atom. The van der Waals surface area contributed by atoms with E-state index in [0.717, 1.165) is 0 Å². The Bertz CT molecular complexity index is 427. The molecule has 1 aromatic rings. The molecule has 94 valence electrons. The zero-order valence-corrected chi connectivity index (χ0v) is 10.6. The van der Waals surface area contributed by atoms with Crippen LogP contribution in [0.5, 0.6) is 0 Å². The van der Waals surface area contributed by atoms with Gasteiger partial charge in [-0.05, 0) is 11.6 Å². The molecule has 0 fully saturated rings.